The number of hydrogen-bond acceptors (Lipinski definition) is 5. The van der Waals surface area contributed by atoms with E-state index in [1.165, 1.54) is 4.57 Å². The maximum absolute atomic E-state index is 12.9. The van der Waals surface area contributed by atoms with Crippen molar-refractivity contribution >= 4 is 28.9 Å². The van der Waals surface area contributed by atoms with Crippen molar-refractivity contribution in [3.63, 3.8) is 0 Å². The summed E-state index contributed by atoms with van der Waals surface area (Å²) in [5.41, 5.74) is 1.56. The lowest BCUT2D eigenvalue weighted by atomic mass is 10.1. The number of rotatable bonds is 10. The highest BCUT2D eigenvalue weighted by atomic mass is 35.5. The first-order chi connectivity index (χ1) is 15.4. The molecule has 9 nitrogen and oxygen atoms in total. The van der Waals surface area contributed by atoms with E-state index < -0.39 is 17.3 Å². The maximum atomic E-state index is 12.9. The van der Waals surface area contributed by atoms with Gasteiger partial charge in [0.2, 0.25) is 5.28 Å². The molecule has 0 radical (unpaired) electrons. The molecule has 0 aliphatic carbocycles. The number of unbranched alkanes of at least 4 members (excludes halogenated alkanes) is 2. The van der Waals surface area contributed by atoms with E-state index in [0.717, 1.165) is 35.0 Å². The molecule has 0 spiro atoms. The maximum Gasteiger partial charge on any atom is 0.407 e. The highest BCUT2D eigenvalue weighted by Crippen LogP contribution is 2.11. The number of aromatic nitrogens is 4. The molecule has 2 N–H and O–H groups in total. The molecule has 0 fully saturated rings. The number of benzene rings is 1. The fourth-order valence-electron chi connectivity index (χ4n) is 3.45. The molecule has 3 rings (SSSR count). The molecule has 2 aromatic heterocycles. The predicted molar refractivity (Wildman–Crippen MR) is 123 cm³/mol. The molecule has 3 aromatic rings. The van der Waals surface area contributed by atoms with E-state index >= 15 is 0 Å². The van der Waals surface area contributed by atoms with Crippen molar-refractivity contribution < 1.29 is 9.53 Å². The molecule has 10 heteroatoms. The van der Waals surface area contributed by atoms with E-state index in [4.69, 9.17) is 16.3 Å². The van der Waals surface area contributed by atoms with Gasteiger partial charge < -0.3 is 15.0 Å². The van der Waals surface area contributed by atoms with Gasteiger partial charge in [-0.2, -0.15) is 4.98 Å². The molecule has 0 bridgehead atoms. The normalized spacial score (nSPS) is 11.1. The van der Waals surface area contributed by atoms with Gasteiger partial charge in [-0.05, 0) is 42.5 Å². The SMILES string of the molecule is CCCCCn1c(=O)n(CCCNC(=O)OCc2ccccc2C)c(=O)c2[nH]c(Cl)nc21. The average Bonchev–Trinajstić information content (AvgIpc) is 3.16. The number of hydrogen-bond donors (Lipinski definition) is 2. The van der Waals surface area contributed by atoms with E-state index in [0.29, 0.717) is 13.0 Å². The van der Waals surface area contributed by atoms with E-state index in [2.05, 4.69) is 22.2 Å². The first-order valence-corrected chi connectivity index (χ1v) is 11.1. The van der Waals surface area contributed by atoms with Crippen molar-refractivity contribution in [2.75, 3.05) is 6.54 Å². The van der Waals surface area contributed by atoms with Crippen LogP contribution in [0.5, 0.6) is 0 Å². The molecular formula is C22H28ClN5O4. The third-order valence-corrected chi connectivity index (χ3v) is 5.44. The number of halogens is 1. The number of carbonyl (C=O) groups is 1. The summed E-state index contributed by atoms with van der Waals surface area (Å²) in [4.78, 5) is 44.5. The lowest BCUT2D eigenvalue weighted by molar-refractivity contribution is 0.139. The number of nitrogens with zero attached hydrogens (tertiary/aromatic N) is 3. The number of fused-ring (bicyclic) bond motifs is 1. The van der Waals surface area contributed by atoms with E-state index in [-0.39, 0.29) is 36.1 Å². The van der Waals surface area contributed by atoms with Crippen LogP contribution in [0, 0.1) is 6.92 Å². The Kier molecular flexibility index (Phi) is 8.10. The third-order valence-electron chi connectivity index (χ3n) is 5.27. The number of ether oxygens (including phenoxy) is 1. The minimum absolute atomic E-state index is 0.0663. The molecule has 0 aliphatic heterocycles. The second-order valence-corrected chi connectivity index (χ2v) is 7.97. The molecule has 0 atom stereocenters. The number of aromatic amines is 1. The Hall–Kier alpha value is -3.07. The first kappa shape index (κ1) is 23.6. The lowest BCUT2D eigenvalue weighted by Gasteiger charge is -2.12. The third kappa shape index (κ3) is 5.59. The van der Waals surface area contributed by atoms with Gasteiger partial charge in [0.25, 0.3) is 5.56 Å². The molecule has 1 aromatic carbocycles. The van der Waals surface area contributed by atoms with Gasteiger partial charge in [-0.1, -0.05) is 44.0 Å². The highest BCUT2D eigenvalue weighted by Gasteiger charge is 2.16. The summed E-state index contributed by atoms with van der Waals surface area (Å²) >= 11 is 5.95. The Morgan fingerprint density at radius 2 is 1.91 bits per heavy atom. The predicted octanol–water partition coefficient (Wildman–Crippen LogP) is 3.35. The molecule has 32 heavy (non-hydrogen) atoms. The minimum atomic E-state index is -0.548. The van der Waals surface area contributed by atoms with Crippen molar-refractivity contribution in [3.8, 4) is 0 Å². The quantitative estimate of drug-likeness (QED) is 0.355. The van der Waals surface area contributed by atoms with Gasteiger partial charge in [0.15, 0.2) is 11.2 Å². The van der Waals surface area contributed by atoms with Gasteiger partial charge >= 0.3 is 11.8 Å². The van der Waals surface area contributed by atoms with Gasteiger partial charge in [0.05, 0.1) is 0 Å². The molecule has 0 unspecified atom stereocenters. The Morgan fingerprint density at radius 1 is 1.16 bits per heavy atom. The van der Waals surface area contributed by atoms with Crippen molar-refractivity contribution in [2.24, 2.45) is 0 Å². The molecule has 0 saturated heterocycles. The monoisotopic (exact) mass is 461 g/mol. The Balaban J connectivity index is 1.62. The number of imidazole rings is 1. The van der Waals surface area contributed by atoms with Gasteiger partial charge in [-0.15, -0.1) is 0 Å². The first-order valence-electron chi connectivity index (χ1n) is 10.8. The number of alkyl carbamates (subject to hydrolysis) is 1. The van der Waals surface area contributed by atoms with E-state index in [1.54, 1.807) is 0 Å². The van der Waals surface area contributed by atoms with Gasteiger partial charge in [-0.3, -0.25) is 13.9 Å². The van der Waals surface area contributed by atoms with E-state index in [1.807, 2.05) is 31.2 Å². The number of H-pyrrole nitrogens is 1. The van der Waals surface area contributed by atoms with E-state index in [9.17, 15) is 14.4 Å². The highest BCUT2D eigenvalue weighted by molar-refractivity contribution is 6.28. The van der Waals surface area contributed by atoms with Crippen molar-refractivity contribution in [1.29, 1.82) is 0 Å². The Bertz CT molecular complexity index is 1200. The number of carbonyl (C=O) groups excluding carboxylic acids is 1. The lowest BCUT2D eigenvalue weighted by Crippen LogP contribution is -2.41. The fraction of sp³-hybridized carbons (Fsp3) is 0.455. The summed E-state index contributed by atoms with van der Waals surface area (Å²) in [5, 5.41) is 2.72. The summed E-state index contributed by atoms with van der Waals surface area (Å²) in [6.07, 6.45) is 2.59. The molecular weight excluding hydrogens is 434 g/mol. The zero-order chi connectivity index (χ0) is 23.1. The van der Waals surface area contributed by atoms with Crippen LogP contribution in [0.1, 0.15) is 43.7 Å². The van der Waals surface area contributed by atoms with Crippen LogP contribution < -0.4 is 16.6 Å². The zero-order valence-electron chi connectivity index (χ0n) is 18.3. The van der Waals surface area contributed by atoms with Crippen LogP contribution in [0.25, 0.3) is 11.2 Å². The topological polar surface area (TPSA) is 111 Å². The summed E-state index contributed by atoms with van der Waals surface area (Å²) in [7, 11) is 0. The van der Waals surface area contributed by atoms with Crippen LogP contribution in [-0.4, -0.2) is 31.7 Å². The number of aryl methyl sites for hydroxylation is 2. The Morgan fingerprint density at radius 3 is 2.66 bits per heavy atom. The second-order valence-electron chi connectivity index (χ2n) is 7.61. The van der Waals surface area contributed by atoms with Crippen LogP contribution in [-0.2, 0) is 24.4 Å². The van der Waals surface area contributed by atoms with Crippen molar-refractivity contribution in [1.82, 2.24) is 24.4 Å². The van der Waals surface area contributed by atoms with Gasteiger partial charge in [0.1, 0.15) is 6.61 Å². The second kappa shape index (κ2) is 11.0. The minimum Gasteiger partial charge on any atom is -0.445 e. The summed E-state index contributed by atoms with van der Waals surface area (Å²) in [6, 6.07) is 7.67. The molecule has 1 amide bonds. The Labute approximate surface area is 190 Å². The largest absolute Gasteiger partial charge is 0.445 e. The smallest absolute Gasteiger partial charge is 0.407 e. The number of nitrogens with one attached hydrogen (secondary N) is 2. The molecule has 0 saturated carbocycles. The molecule has 172 valence electrons. The van der Waals surface area contributed by atoms with Crippen LogP contribution in [0.4, 0.5) is 4.79 Å². The van der Waals surface area contributed by atoms with Crippen LogP contribution in [0.2, 0.25) is 5.28 Å². The standard InChI is InChI=1S/C22H28ClN5O4/c1-3-4-7-12-27-18-17(25-20(23)26-18)19(29)28(22(27)31)13-8-11-24-21(30)32-14-16-10-6-5-9-15(16)2/h5-6,9-10H,3-4,7-8,11-14H2,1-2H3,(H,24,30)(H,25,26). The zero-order valence-corrected chi connectivity index (χ0v) is 19.1. The van der Waals surface area contributed by atoms with Crippen LogP contribution in [0.15, 0.2) is 33.9 Å². The number of amides is 1. The van der Waals surface area contributed by atoms with Crippen molar-refractivity contribution in [2.45, 2.75) is 59.2 Å². The summed E-state index contributed by atoms with van der Waals surface area (Å²) in [6.45, 7) is 5.06. The summed E-state index contributed by atoms with van der Waals surface area (Å²) in [5.74, 6) is 0. The summed E-state index contributed by atoms with van der Waals surface area (Å²) < 4.78 is 7.87. The molecule has 2 heterocycles. The van der Waals surface area contributed by atoms with Gasteiger partial charge in [0, 0.05) is 19.6 Å². The van der Waals surface area contributed by atoms with Crippen molar-refractivity contribution in [3.05, 3.63) is 61.5 Å². The van der Waals surface area contributed by atoms with Crippen LogP contribution >= 0.6 is 11.6 Å². The average molecular weight is 462 g/mol. The van der Waals surface area contributed by atoms with Crippen LogP contribution in [0.3, 0.4) is 0 Å². The van der Waals surface area contributed by atoms with Gasteiger partial charge in [-0.25, -0.2) is 9.59 Å². The molecule has 0 aliphatic rings. The fourth-order valence-corrected chi connectivity index (χ4v) is 3.63.